The maximum Gasteiger partial charge on any atom is 0.237 e. The number of amides is 1. The van der Waals surface area contributed by atoms with E-state index in [-0.39, 0.29) is 4.90 Å². The average molecular weight is 325 g/mol. The number of thioether (sulfide) groups is 1. The first-order valence-corrected chi connectivity index (χ1v) is 7.43. The smallest absolute Gasteiger partial charge is 0.237 e. The molecule has 0 aliphatic heterocycles. The van der Waals surface area contributed by atoms with Crippen molar-refractivity contribution in [3.63, 3.8) is 0 Å². The number of hydrogen-bond acceptors (Lipinski definition) is 2. The topological polar surface area (TPSA) is 29.1 Å². The fraction of sp³-hybridized carbons (Fsp3) is 0.188. The molecule has 2 nitrogen and oxygen atoms in total. The lowest BCUT2D eigenvalue weighted by Crippen LogP contribution is -2.22. The summed E-state index contributed by atoms with van der Waals surface area (Å²) in [5.41, 5.74) is 0.814. The molecule has 1 unspecified atom stereocenters. The first kappa shape index (κ1) is 16.4. The van der Waals surface area contributed by atoms with E-state index in [0.717, 1.165) is 23.9 Å². The Balaban J connectivity index is 2.04. The summed E-state index contributed by atoms with van der Waals surface area (Å²) >= 11 is 0.966. The van der Waals surface area contributed by atoms with Gasteiger partial charge in [0.05, 0.1) is 5.25 Å². The molecule has 0 aliphatic carbocycles. The number of hydrogen-bond donors (Lipinski definition) is 1. The van der Waals surface area contributed by atoms with E-state index in [1.54, 1.807) is 26.0 Å². The number of rotatable bonds is 4. The molecule has 0 saturated carbocycles. The molecule has 0 bridgehead atoms. The highest BCUT2D eigenvalue weighted by molar-refractivity contribution is 8.00. The van der Waals surface area contributed by atoms with Crippen LogP contribution in [-0.2, 0) is 4.79 Å². The van der Waals surface area contributed by atoms with Crippen LogP contribution < -0.4 is 5.32 Å². The first-order chi connectivity index (χ1) is 10.4. The Hall–Kier alpha value is -1.95. The van der Waals surface area contributed by atoms with Crippen molar-refractivity contribution in [2.75, 3.05) is 5.32 Å². The van der Waals surface area contributed by atoms with E-state index in [0.29, 0.717) is 11.3 Å². The third kappa shape index (κ3) is 4.04. The molecule has 116 valence electrons. The largest absolute Gasteiger partial charge is 0.325 e. The van der Waals surface area contributed by atoms with Crippen LogP contribution in [-0.4, -0.2) is 11.2 Å². The molecular formula is C16H14F3NOS. The minimum atomic E-state index is -0.717. The predicted octanol–water partition coefficient (Wildman–Crippen LogP) is 4.53. The molecule has 0 aliphatic rings. The second kappa shape index (κ2) is 6.87. The summed E-state index contributed by atoms with van der Waals surface area (Å²) in [5, 5.41) is 1.94. The molecule has 2 aromatic carbocycles. The Morgan fingerprint density at radius 1 is 1.09 bits per heavy atom. The summed E-state index contributed by atoms with van der Waals surface area (Å²) in [6, 6.07) is 7.55. The van der Waals surface area contributed by atoms with Crippen LogP contribution in [0.3, 0.4) is 0 Å². The van der Waals surface area contributed by atoms with E-state index in [9.17, 15) is 18.0 Å². The molecule has 6 heteroatoms. The molecule has 0 saturated heterocycles. The molecule has 1 N–H and O–H groups in total. The highest BCUT2D eigenvalue weighted by atomic mass is 32.2. The predicted molar refractivity (Wildman–Crippen MR) is 81.4 cm³/mol. The summed E-state index contributed by atoms with van der Waals surface area (Å²) in [6.45, 7) is 3.21. The number of nitrogens with one attached hydrogen (secondary N) is 1. The van der Waals surface area contributed by atoms with E-state index in [1.165, 1.54) is 12.1 Å². The van der Waals surface area contributed by atoms with Crippen LogP contribution in [0.1, 0.15) is 12.5 Å². The van der Waals surface area contributed by atoms with E-state index >= 15 is 0 Å². The van der Waals surface area contributed by atoms with Crippen LogP contribution in [0.4, 0.5) is 18.9 Å². The molecule has 1 amide bonds. The van der Waals surface area contributed by atoms with E-state index in [1.807, 2.05) is 0 Å². The molecule has 0 spiro atoms. The summed E-state index contributed by atoms with van der Waals surface area (Å²) in [4.78, 5) is 12.2. The molecule has 0 heterocycles. The third-order valence-corrected chi connectivity index (χ3v) is 4.16. The third-order valence-electron chi connectivity index (χ3n) is 3.01. The zero-order chi connectivity index (χ0) is 16.3. The van der Waals surface area contributed by atoms with E-state index < -0.39 is 28.6 Å². The molecule has 0 aromatic heterocycles. The number of benzene rings is 2. The van der Waals surface area contributed by atoms with Crippen molar-refractivity contribution in [3.8, 4) is 0 Å². The highest BCUT2D eigenvalue weighted by Gasteiger charge is 2.17. The van der Waals surface area contributed by atoms with Crippen LogP contribution in [0.5, 0.6) is 0 Å². The van der Waals surface area contributed by atoms with E-state index in [2.05, 4.69) is 5.32 Å². The van der Waals surface area contributed by atoms with Crippen molar-refractivity contribution < 1.29 is 18.0 Å². The van der Waals surface area contributed by atoms with Gasteiger partial charge in [0.1, 0.15) is 17.5 Å². The van der Waals surface area contributed by atoms with Gasteiger partial charge in [0.2, 0.25) is 5.91 Å². The number of halogens is 3. The fourth-order valence-electron chi connectivity index (χ4n) is 1.73. The SMILES string of the molecule is Cc1ccc(NC(=O)C(C)Sc2ccc(F)cc2F)cc1F. The first-order valence-electron chi connectivity index (χ1n) is 6.55. The Morgan fingerprint density at radius 3 is 2.45 bits per heavy atom. The lowest BCUT2D eigenvalue weighted by molar-refractivity contribution is -0.115. The lowest BCUT2D eigenvalue weighted by atomic mass is 10.2. The molecule has 2 rings (SSSR count). The van der Waals surface area contributed by atoms with Crippen LogP contribution in [0.25, 0.3) is 0 Å². The van der Waals surface area contributed by atoms with Crippen LogP contribution in [0.15, 0.2) is 41.3 Å². The summed E-state index contributed by atoms with van der Waals surface area (Å²) in [6.07, 6.45) is 0. The second-order valence-corrected chi connectivity index (χ2v) is 6.17. The van der Waals surface area contributed by atoms with Gasteiger partial charge in [-0.05, 0) is 43.7 Å². The number of aryl methyl sites for hydroxylation is 1. The van der Waals surface area contributed by atoms with Gasteiger partial charge >= 0.3 is 0 Å². The average Bonchev–Trinajstić information content (AvgIpc) is 2.45. The number of carbonyl (C=O) groups is 1. The molecule has 1 atom stereocenters. The van der Waals surface area contributed by atoms with Gasteiger partial charge in [-0.2, -0.15) is 0 Å². The van der Waals surface area contributed by atoms with Gasteiger partial charge in [-0.3, -0.25) is 4.79 Å². The number of anilines is 1. The Bertz CT molecular complexity index is 706. The van der Waals surface area contributed by atoms with Crippen LogP contribution in [0, 0.1) is 24.4 Å². The Labute approximate surface area is 130 Å². The zero-order valence-electron chi connectivity index (χ0n) is 12.0. The standard InChI is InChI=1S/C16H14F3NOS/c1-9-3-5-12(8-13(9)18)20-16(21)10(2)22-15-6-4-11(17)7-14(15)19/h3-8,10H,1-2H3,(H,20,21). The lowest BCUT2D eigenvalue weighted by Gasteiger charge is -2.13. The number of carbonyl (C=O) groups excluding carboxylic acids is 1. The van der Waals surface area contributed by atoms with Gasteiger partial charge in [-0.15, -0.1) is 11.8 Å². The quantitative estimate of drug-likeness (QED) is 0.837. The van der Waals surface area contributed by atoms with Gasteiger partial charge in [0, 0.05) is 16.6 Å². The van der Waals surface area contributed by atoms with E-state index in [4.69, 9.17) is 0 Å². The van der Waals surface area contributed by atoms with Crippen LogP contribution >= 0.6 is 11.8 Å². The van der Waals surface area contributed by atoms with Gasteiger partial charge < -0.3 is 5.32 Å². The van der Waals surface area contributed by atoms with Crippen molar-refractivity contribution >= 4 is 23.4 Å². The molecular weight excluding hydrogens is 311 g/mol. The zero-order valence-corrected chi connectivity index (χ0v) is 12.8. The molecule has 0 radical (unpaired) electrons. The van der Waals surface area contributed by atoms with Gasteiger partial charge in [0.15, 0.2) is 0 Å². The molecule has 0 fully saturated rings. The summed E-state index contributed by atoms with van der Waals surface area (Å²) < 4.78 is 39.8. The summed E-state index contributed by atoms with van der Waals surface area (Å²) in [5.74, 6) is -2.19. The molecule has 22 heavy (non-hydrogen) atoms. The fourth-order valence-corrected chi connectivity index (χ4v) is 2.59. The van der Waals surface area contributed by atoms with Crippen molar-refractivity contribution in [1.29, 1.82) is 0 Å². The van der Waals surface area contributed by atoms with Gasteiger partial charge in [-0.25, -0.2) is 13.2 Å². The monoisotopic (exact) mass is 325 g/mol. The maximum absolute atomic E-state index is 13.6. The van der Waals surface area contributed by atoms with Crippen molar-refractivity contribution in [2.24, 2.45) is 0 Å². The summed E-state index contributed by atoms with van der Waals surface area (Å²) in [7, 11) is 0. The van der Waals surface area contributed by atoms with Gasteiger partial charge in [-0.1, -0.05) is 6.07 Å². The minimum Gasteiger partial charge on any atom is -0.325 e. The second-order valence-electron chi connectivity index (χ2n) is 4.79. The van der Waals surface area contributed by atoms with Crippen LogP contribution in [0.2, 0.25) is 0 Å². The minimum absolute atomic E-state index is 0.180. The van der Waals surface area contributed by atoms with Crippen molar-refractivity contribution in [3.05, 3.63) is 59.4 Å². The Morgan fingerprint density at radius 2 is 1.82 bits per heavy atom. The van der Waals surface area contributed by atoms with Crippen molar-refractivity contribution in [1.82, 2.24) is 0 Å². The highest BCUT2D eigenvalue weighted by Crippen LogP contribution is 2.27. The van der Waals surface area contributed by atoms with Gasteiger partial charge in [0.25, 0.3) is 0 Å². The Kier molecular flexibility index (Phi) is 5.13. The molecule has 2 aromatic rings. The maximum atomic E-state index is 13.6. The van der Waals surface area contributed by atoms with Crippen molar-refractivity contribution in [2.45, 2.75) is 24.0 Å². The normalized spacial score (nSPS) is 12.0.